The van der Waals surface area contributed by atoms with Crippen molar-refractivity contribution in [1.29, 1.82) is 0 Å². The Bertz CT molecular complexity index is 82.6. The van der Waals surface area contributed by atoms with E-state index in [1.807, 2.05) is 0 Å². The predicted molar refractivity (Wildman–Crippen MR) is 59.5 cm³/mol. The Hall–Kier alpha value is -0.120. The third kappa shape index (κ3) is 17.8. The molecule has 88 valence electrons. The Labute approximate surface area is 88.7 Å². The van der Waals surface area contributed by atoms with Gasteiger partial charge in [0.05, 0.1) is 0 Å². The molecule has 0 aromatic carbocycles. The molecule has 0 rings (SSSR count). The third-order valence-corrected chi connectivity index (χ3v) is 1.70. The monoisotopic (exact) mass is 206 g/mol. The smallest absolute Gasteiger partial charge is 0.146 e. The molecule has 0 saturated carbocycles. The number of ether oxygens (including phenoxy) is 3. The predicted octanol–water partition coefficient (Wildman–Crippen LogP) is 2.70. The molecule has 0 aliphatic heterocycles. The summed E-state index contributed by atoms with van der Waals surface area (Å²) < 4.78 is 14.4. The molecule has 0 heterocycles. The maximum Gasteiger partial charge on any atom is 0.146 e. The zero-order chi connectivity index (χ0) is 11.2. The average Bonchev–Trinajstić information content (AvgIpc) is 2.20. The van der Waals surface area contributed by atoms with Crippen molar-refractivity contribution in [2.45, 2.75) is 33.6 Å². The molecular weight excluding hydrogens is 180 g/mol. The Morgan fingerprint density at radius 3 is 2.00 bits per heavy atom. The minimum atomic E-state index is 0.424. The fourth-order valence-corrected chi connectivity index (χ4v) is 0.689. The van der Waals surface area contributed by atoms with Crippen LogP contribution in [0.15, 0.2) is 0 Å². The minimum Gasteiger partial charge on any atom is -0.384 e. The summed E-state index contributed by atoms with van der Waals surface area (Å²) in [5.74, 6) is 0.727. The Kier molecular flexibility index (Phi) is 17.9. The molecule has 0 aliphatic rings. The quantitative estimate of drug-likeness (QED) is 0.473. The van der Waals surface area contributed by atoms with E-state index in [2.05, 4.69) is 25.5 Å². The minimum absolute atomic E-state index is 0.424. The van der Waals surface area contributed by atoms with Crippen LogP contribution < -0.4 is 0 Å². The second-order valence-corrected chi connectivity index (χ2v) is 3.28. The van der Waals surface area contributed by atoms with Crippen LogP contribution in [-0.2, 0) is 14.2 Å². The van der Waals surface area contributed by atoms with Crippen LogP contribution in [0.4, 0.5) is 0 Å². The Morgan fingerprint density at radius 1 is 1.07 bits per heavy atom. The number of hydrogen-bond acceptors (Lipinski definition) is 3. The molecule has 0 aromatic heterocycles. The summed E-state index contributed by atoms with van der Waals surface area (Å²) in [6.45, 7) is 8.54. The zero-order valence-electron chi connectivity index (χ0n) is 10.3. The maximum atomic E-state index is 4.91. The van der Waals surface area contributed by atoms with Gasteiger partial charge in [-0.3, -0.25) is 0 Å². The standard InChI is InChI=1S/C6H14O.C5H12O2/c1-4-6(2)5-7-3;1-3-4-7-5-6-2/h6H,4-5H2,1-3H3;3-5H2,1-2H3. The van der Waals surface area contributed by atoms with Crippen molar-refractivity contribution in [1.82, 2.24) is 0 Å². The molecule has 0 N–H and O–H groups in total. The highest BCUT2D eigenvalue weighted by molar-refractivity contribution is 4.43. The Balaban J connectivity index is 0. The van der Waals surface area contributed by atoms with Gasteiger partial charge in [-0.25, -0.2) is 0 Å². The lowest BCUT2D eigenvalue weighted by Gasteiger charge is -2.03. The van der Waals surface area contributed by atoms with E-state index in [1.54, 1.807) is 14.2 Å². The van der Waals surface area contributed by atoms with Gasteiger partial charge in [0.15, 0.2) is 0 Å². The van der Waals surface area contributed by atoms with Crippen LogP contribution in [0, 0.1) is 5.92 Å². The van der Waals surface area contributed by atoms with Crippen molar-refractivity contribution in [2.75, 3.05) is 34.2 Å². The maximum absolute atomic E-state index is 4.91. The first kappa shape index (κ1) is 16.3. The van der Waals surface area contributed by atoms with Crippen LogP contribution in [0.25, 0.3) is 0 Å². The van der Waals surface area contributed by atoms with Gasteiger partial charge in [-0.2, -0.15) is 0 Å². The van der Waals surface area contributed by atoms with Gasteiger partial charge in [0.1, 0.15) is 6.79 Å². The van der Waals surface area contributed by atoms with E-state index in [4.69, 9.17) is 9.47 Å². The van der Waals surface area contributed by atoms with Crippen molar-refractivity contribution in [3.05, 3.63) is 0 Å². The first-order valence-electron chi connectivity index (χ1n) is 5.28. The SMILES string of the molecule is CCC(C)COC.CCCOCOC. The number of hydrogen-bond donors (Lipinski definition) is 0. The van der Waals surface area contributed by atoms with Crippen molar-refractivity contribution in [3.63, 3.8) is 0 Å². The second-order valence-electron chi connectivity index (χ2n) is 3.28. The number of rotatable bonds is 7. The van der Waals surface area contributed by atoms with Crippen LogP contribution in [-0.4, -0.2) is 34.2 Å². The van der Waals surface area contributed by atoms with Gasteiger partial charge < -0.3 is 14.2 Å². The normalized spacial score (nSPS) is 11.8. The molecule has 0 fully saturated rings. The van der Waals surface area contributed by atoms with E-state index in [0.717, 1.165) is 25.6 Å². The molecule has 0 aliphatic carbocycles. The van der Waals surface area contributed by atoms with Gasteiger partial charge in [0.25, 0.3) is 0 Å². The van der Waals surface area contributed by atoms with Gasteiger partial charge in [-0.15, -0.1) is 0 Å². The summed E-state index contributed by atoms with van der Waals surface area (Å²) in [6, 6.07) is 0. The van der Waals surface area contributed by atoms with Crippen LogP contribution in [0.2, 0.25) is 0 Å². The Morgan fingerprint density at radius 2 is 1.71 bits per heavy atom. The first-order chi connectivity index (χ1) is 6.72. The average molecular weight is 206 g/mol. The fourth-order valence-electron chi connectivity index (χ4n) is 0.689. The highest BCUT2D eigenvalue weighted by atomic mass is 16.7. The van der Waals surface area contributed by atoms with Crippen molar-refractivity contribution >= 4 is 0 Å². The van der Waals surface area contributed by atoms with Gasteiger partial charge in [-0.05, 0) is 12.3 Å². The molecule has 0 bridgehead atoms. The summed E-state index contributed by atoms with van der Waals surface area (Å²) in [7, 11) is 3.36. The highest BCUT2D eigenvalue weighted by Gasteiger charge is 1.93. The highest BCUT2D eigenvalue weighted by Crippen LogP contribution is 1.98. The molecule has 0 spiro atoms. The molecule has 3 heteroatoms. The van der Waals surface area contributed by atoms with E-state index < -0.39 is 0 Å². The lowest BCUT2D eigenvalue weighted by atomic mass is 10.1. The molecular formula is C11H26O3. The van der Waals surface area contributed by atoms with Crippen molar-refractivity contribution in [2.24, 2.45) is 5.92 Å². The summed E-state index contributed by atoms with van der Waals surface area (Å²) in [5, 5.41) is 0. The lowest BCUT2D eigenvalue weighted by molar-refractivity contribution is -0.0300. The van der Waals surface area contributed by atoms with Crippen LogP contribution in [0.1, 0.15) is 33.6 Å². The third-order valence-electron chi connectivity index (χ3n) is 1.70. The van der Waals surface area contributed by atoms with Gasteiger partial charge in [0, 0.05) is 27.4 Å². The molecule has 0 aromatic rings. The van der Waals surface area contributed by atoms with Gasteiger partial charge in [0.2, 0.25) is 0 Å². The summed E-state index contributed by atoms with van der Waals surface area (Å²) in [4.78, 5) is 0. The van der Waals surface area contributed by atoms with Crippen molar-refractivity contribution < 1.29 is 14.2 Å². The summed E-state index contributed by atoms with van der Waals surface area (Å²) >= 11 is 0. The van der Waals surface area contributed by atoms with Crippen LogP contribution in [0.5, 0.6) is 0 Å². The van der Waals surface area contributed by atoms with E-state index >= 15 is 0 Å². The molecule has 1 unspecified atom stereocenters. The van der Waals surface area contributed by atoms with Gasteiger partial charge in [-0.1, -0.05) is 27.2 Å². The van der Waals surface area contributed by atoms with Crippen molar-refractivity contribution in [3.8, 4) is 0 Å². The van der Waals surface area contributed by atoms with E-state index in [1.165, 1.54) is 6.42 Å². The largest absolute Gasteiger partial charge is 0.384 e. The van der Waals surface area contributed by atoms with E-state index in [9.17, 15) is 0 Å². The lowest BCUT2D eigenvalue weighted by Crippen LogP contribution is -2.00. The molecule has 0 radical (unpaired) electrons. The summed E-state index contributed by atoms with van der Waals surface area (Å²) in [5.41, 5.74) is 0. The second kappa shape index (κ2) is 15.4. The molecule has 14 heavy (non-hydrogen) atoms. The molecule has 0 amide bonds. The first-order valence-corrected chi connectivity index (χ1v) is 5.28. The van der Waals surface area contributed by atoms with Crippen LogP contribution in [0.3, 0.4) is 0 Å². The van der Waals surface area contributed by atoms with E-state index in [0.29, 0.717) is 6.79 Å². The molecule has 3 nitrogen and oxygen atoms in total. The molecule has 1 atom stereocenters. The van der Waals surface area contributed by atoms with Crippen LogP contribution >= 0.6 is 0 Å². The van der Waals surface area contributed by atoms with E-state index in [-0.39, 0.29) is 0 Å². The fraction of sp³-hybridized carbons (Fsp3) is 1.00. The zero-order valence-corrected chi connectivity index (χ0v) is 10.3. The molecule has 0 saturated heterocycles. The number of methoxy groups -OCH3 is 2. The van der Waals surface area contributed by atoms with Gasteiger partial charge >= 0.3 is 0 Å². The summed E-state index contributed by atoms with van der Waals surface area (Å²) in [6.07, 6.45) is 2.28. The topological polar surface area (TPSA) is 27.7 Å².